The number of nitrogens with zero attached hydrogens (tertiary/aromatic N) is 1. The average Bonchev–Trinajstić information content (AvgIpc) is 2.88. The third-order valence-corrected chi connectivity index (χ3v) is 3.43. The molecule has 3 rings (SSSR count). The zero-order valence-corrected chi connectivity index (χ0v) is 10.5. The van der Waals surface area contributed by atoms with Crippen LogP contribution in [0.5, 0.6) is 0 Å². The number of nitrogens with one attached hydrogen (secondary N) is 1. The van der Waals surface area contributed by atoms with E-state index in [-0.39, 0.29) is 5.91 Å². The molecule has 0 bridgehead atoms. The molecule has 1 aromatic heterocycles. The fourth-order valence-corrected chi connectivity index (χ4v) is 2.41. The topological polar surface area (TPSA) is 68.0 Å². The lowest BCUT2D eigenvalue weighted by atomic mass is 10.1. The summed E-state index contributed by atoms with van der Waals surface area (Å²) in [5.41, 5.74) is 9.52. The summed E-state index contributed by atoms with van der Waals surface area (Å²) in [6.07, 6.45) is 4.95. The molecule has 0 saturated heterocycles. The molecular weight excluding hydrogens is 238 g/mol. The molecule has 0 aliphatic heterocycles. The predicted molar refractivity (Wildman–Crippen MR) is 75.1 cm³/mol. The highest BCUT2D eigenvalue weighted by molar-refractivity contribution is 6.05. The van der Waals surface area contributed by atoms with Gasteiger partial charge in [0.1, 0.15) is 0 Å². The van der Waals surface area contributed by atoms with Crippen LogP contribution >= 0.6 is 0 Å². The minimum Gasteiger partial charge on any atom is -0.396 e. The van der Waals surface area contributed by atoms with Gasteiger partial charge in [-0.25, -0.2) is 4.98 Å². The maximum Gasteiger partial charge on any atom is 0.256 e. The van der Waals surface area contributed by atoms with Gasteiger partial charge in [-0.15, -0.1) is 0 Å². The summed E-state index contributed by atoms with van der Waals surface area (Å²) in [6.45, 7) is 0. The van der Waals surface area contributed by atoms with Gasteiger partial charge in [0, 0.05) is 11.8 Å². The number of anilines is 2. The predicted octanol–water partition coefficient (Wildman–Crippen LogP) is 2.40. The number of aryl methyl sites for hydroxylation is 2. The second-order valence-corrected chi connectivity index (χ2v) is 4.73. The molecule has 19 heavy (non-hydrogen) atoms. The Morgan fingerprint density at radius 3 is 2.89 bits per heavy atom. The van der Waals surface area contributed by atoms with Gasteiger partial charge >= 0.3 is 0 Å². The molecular formula is C15H15N3O. The molecule has 0 atom stereocenters. The number of hydrogen-bond acceptors (Lipinski definition) is 3. The van der Waals surface area contributed by atoms with Crippen molar-refractivity contribution in [2.45, 2.75) is 19.3 Å². The van der Waals surface area contributed by atoms with Gasteiger partial charge in [-0.1, -0.05) is 6.07 Å². The van der Waals surface area contributed by atoms with Crippen molar-refractivity contribution in [2.75, 3.05) is 11.1 Å². The highest BCUT2D eigenvalue weighted by Crippen LogP contribution is 2.23. The molecule has 1 aliphatic rings. The zero-order valence-electron chi connectivity index (χ0n) is 10.5. The molecule has 4 nitrogen and oxygen atoms in total. The van der Waals surface area contributed by atoms with E-state index in [1.807, 2.05) is 18.2 Å². The van der Waals surface area contributed by atoms with Crippen LogP contribution in [0, 0.1) is 0 Å². The first kappa shape index (κ1) is 11.7. The first-order valence-electron chi connectivity index (χ1n) is 6.38. The van der Waals surface area contributed by atoms with Crippen molar-refractivity contribution >= 4 is 17.4 Å². The van der Waals surface area contributed by atoms with Gasteiger partial charge in [0.15, 0.2) is 5.82 Å². The number of pyridine rings is 1. The Hall–Kier alpha value is -2.36. The quantitative estimate of drug-likeness (QED) is 0.863. The van der Waals surface area contributed by atoms with Crippen LogP contribution in [0.4, 0.5) is 11.5 Å². The Labute approximate surface area is 111 Å². The van der Waals surface area contributed by atoms with E-state index in [1.54, 1.807) is 18.3 Å². The molecule has 1 heterocycles. The number of carbonyl (C=O) groups excluding carboxylic acids is 1. The van der Waals surface area contributed by atoms with E-state index in [4.69, 9.17) is 5.73 Å². The number of rotatable bonds is 2. The summed E-state index contributed by atoms with van der Waals surface area (Å²) in [4.78, 5) is 16.2. The first-order chi connectivity index (χ1) is 9.24. The van der Waals surface area contributed by atoms with Crippen molar-refractivity contribution in [1.29, 1.82) is 0 Å². The number of nitrogen functional groups attached to an aromatic ring is 1. The number of carbonyl (C=O) groups is 1. The number of aromatic nitrogens is 1. The van der Waals surface area contributed by atoms with Crippen LogP contribution < -0.4 is 11.1 Å². The molecule has 0 spiro atoms. The van der Waals surface area contributed by atoms with E-state index in [0.29, 0.717) is 17.1 Å². The fourth-order valence-electron chi connectivity index (χ4n) is 2.41. The van der Waals surface area contributed by atoms with Gasteiger partial charge in [-0.05, 0) is 54.7 Å². The van der Waals surface area contributed by atoms with Crippen molar-refractivity contribution in [3.63, 3.8) is 0 Å². The molecule has 2 aromatic rings. The van der Waals surface area contributed by atoms with E-state index in [0.717, 1.165) is 12.8 Å². The first-order valence-corrected chi connectivity index (χ1v) is 6.38. The van der Waals surface area contributed by atoms with E-state index in [9.17, 15) is 4.79 Å². The molecule has 0 fully saturated rings. The minimum atomic E-state index is -0.167. The van der Waals surface area contributed by atoms with Crippen molar-refractivity contribution < 1.29 is 4.79 Å². The van der Waals surface area contributed by atoms with E-state index >= 15 is 0 Å². The lowest BCUT2D eigenvalue weighted by molar-refractivity contribution is 0.102. The van der Waals surface area contributed by atoms with Crippen LogP contribution in [-0.4, -0.2) is 10.9 Å². The van der Waals surface area contributed by atoms with Crippen LogP contribution in [0.1, 0.15) is 27.9 Å². The molecule has 1 aromatic carbocycles. The number of nitrogens with two attached hydrogens (primary N) is 1. The lowest BCUT2D eigenvalue weighted by Crippen LogP contribution is -2.14. The summed E-state index contributed by atoms with van der Waals surface area (Å²) in [5, 5.41) is 2.74. The lowest BCUT2D eigenvalue weighted by Gasteiger charge is -2.08. The molecule has 0 saturated carbocycles. The Balaban J connectivity index is 1.83. The van der Waals surface area contributed by atoms with Crippen molar-refractivity contribution in [1.82, 2.24) is 4.98 Å². The van der Waals surface area contributed by atoms with Gasteiger partial charge in [0.2, 0.25) is 0 Å². The van der Waals surface area contributed by atoms with Gasteiger partial charge in [0.05, 0.1) is 5.69 Å². The summed E-state index contributed by atoms with van der Waals surface area (Å²) in [7, 11) is 0. The van der Waals surface area contributed by atoms with Gasteiger partial charge in [0.25, 0.3) is 5.91 Å². The van der Waals surface area contributed by atoms with Crippen LogP contribution in [-0.2, 0) is 12.8 Å². The Bertz CT molecular complexity index is 637. The number of amides is 1. The fraction of sp³-hybridized carbons (Fsp3) is 0.200. The monoisotopic (exact) mass is 253 g/mol. The molecule has 96 valence electrons. The standard InChI is InChI=1S/C15H15N3O/c16-13-5-2-8-17-14(13)18-15(19)12-7-6-10-3-1-4-11(10)9-12/h2,5-9H,1,3-4,16H2,(H,17,18,19). The number of fused-ring (bicyclic) bond motifs is 1. The van der Waals surface area contributed by atoms with Crippen molar-refractivity contribution in [3.8, 4) is 0 Å². The van der Waals surface area contributed by atoms with Gasteiger partial charge in [-0.2, -0.15) is 0 Å². The Morgan fingerprint density at radius 2 is 2.05 bits per heavy atom. The Kier molecular flexibility index (Phi) is 2.91. The summed E-state index contributed by atoms with van der Waals surface area (Å²) < 4.78 is 0. The minimum absolute atomic E-state index is 0.167. The van der Waals surface area contributed by atoms with E-state index in [2.05, 4.69) is 10.3 Å². The van der Waals surface area contributed by atoms with E-state index in [1.165, 1.54) is 17.5 Å². The molecule has 4 heteroatoms. The van der Waals surface area contributed by atoms with Crippen LogP contribution in [0.15, 0.2) is 36.5 Å². The number of benzene rings is 1. The molecule has 1 amide bonds. The summed E-state index contributed by atoms with van der Waals surface area (Å²) in [6, 6.07) is 9.32. The largest absolute Gasteiger partial charge is 0.396 e. The summed E-state index contributed by atoms with van der Waals surface area (Å²) >= 11 is 0. The second kappa shape index (κ2) is 4.72. The normalized spacial score (nSPS) is 13.1. The van der Waals surface area contributed by atoms with E-state index < -0.39 is 0 Å². The molecule has 0 unspecified atom stereocenters. The molecule has 3 N–H and O–H groups in total. The maximum absolute atomic E-state index is 12.2. The van der Waals surface area contributed by atoms with Gasteiger partial charge in [-0.3, -0.25) is 4.79 Å². The van der Waals surface area contributed by atoms with Crippen LogP contribution in [0.2, 0.25) is 0 Å². The second-order valence-electron chi connectivity index (χ2n) is 4.73. The Morgan fingerprint density at radius 1 is 1.21 bits per heavy atom. The van der Waals surface area contributed by atoms with Crippen molar-refractivity contribution in [3.05, 3.63) is 53.2 Å². The SMILES string of the molecule is Nc1cccnc1NC(=O)c1ccc2c(c1)CCC2. The highest BCUT2D eigenvalue weighted by Gasteiger charge is 2.14. The van der Waals surface area contributed by atoms with Crippen LogP contribution in [0.3, 0.4) is 0 Å². The smallest absolute Gasteiger partial charge is 0.256 e. The third-order valence-electron chi connectivity index (χ3n) is 3.43. The van der Waals surface area contributed by atoms with Crippen LogP contribution in [0.25, 0.3) is 0 Å². The molecule has 1 aliphatic carbocycles. The summed E-state index contributed by atoms with van der Waals surface area (Å²) in [5.74, 6) is 0.244. The number of hydrogen-bond donors (Lipinski definition) is 2. The van der Waals surface area contributed by atoms with Crippen molar-refractivity contribution in [2.24, 2.45) is 0 Å². The zero-order chi connectivity index (χ0) is 13.2. The average molecular weight is 253 g/mol. The third kappa shape index (κ3) is 2.29. The molecule has 0 radical (unpaired) electrons. The highest BCUT2D eigenvalue weighted by atomic mass is 16.1. The van der Waals surface area contributed by atoms with Gasteiger partial charge < -0.3 is 11.1 Å². The maximum atomic E-state index is 12.2.